The number of hydrogen-bond acceptors (Lipinski definition) is 5. The monoisotopic (exact) mass is 705 g/mol. The van der Waals surface area contributed by atoms with Gasteiger partial charge in [-0.25, -0.2) is 8.42 Å². The maximum atomic E-state index is 14.5. The minimum Gasteiger partial charge on any atom is -0.496 e. The van der Waals surface area contributed by atoms with Crippen molar-refractivity contribution < 1.29 is 22.7 Å². The van der Waals surface area contributed by atoms with Gasteiger partial charge >= 0.3 is 0 Å². The molecule has 0 heterocycles. The van der Waals surface area contributed by atoms with Gasteiger partial charge in [0, 0.05) is 19.5 Å². The molecule has 0 bridgehead atoms. The third-order valence-electron chi connectivity index (χ3n) is 7.61. The van der Waals surface area contributed by atoms with E-state index in [0.717, 1.165) is 33.0 Å². The topological polar surface area (TPSA) is 96.0 Å². The van der Waals surface area contributed by atoms with Crippen molar-refractivity contribution in [3.63, 3.8) is 0 Å². The second kappa shape index (κ2) is 15.9. The largest absolute Gasteiger partial charge is 0.496 e. The minimum absolute atomic E-state index is 0.0137. The highest BCUT2D eigenvalue weighted by Crippen LogP contribution is 2.31. The van der Waals surface area contributed by atoms with Gasteiger partial charge in [0.2, 0.25) is 11.8 Å². The van der Waals surface area contributed by atoms with Crippen molar-refractivity contribution in [3.05, 3.63) is 124 Å². The lowest BCUT2D eigenvalue weighted by Gasteiger charge is -2.34. The molecule has 2 amide bonds. The van der Waals surface area contributed by atoms with Crippen LogP contribution in [-0.4, -0.2) is 51.4 Å². The molecule has 0 aliphatic carbocycles. The van der Waals surface area contributed by atoms with Gasteiger partial charge in [0.1, 0.15) is 18.3 Å². The van der Waals surface area contributed by atoms with Gasteiger partial charge in [-0.05, 0) is 77.7 Å². The smallest absolute Gasteiger partial charge is 0.264 e. The van der Waals surface area contributed by atoms with Gasteiger partial charge in [0.25, 0.3) is 10.0 Å². The number of aryl methyl sites for hydroxylation is 2. The summed E-state index contributed by atoms with van der Waals surface area (Å²) >= 11 is 3.39. The van der Waals surface area contributed by atoms with Gasteiger partial charge < -0.3 is 15.0 Å². The number of nitrogens with zero attached hydrogens (tertiary/aromatic N) is 2. The fraction of sp³-hybridized carbons (Fsp3) is 0.278. The quantitative estimate of drug-likeness (QED) is 0.163. The van der Waals surface area contributed by atoms with Crippen LogP contribution in [0, 0.1) is 13.8 Å². The summed E-state index contributed by atoms with van der Waals surface area (Å²) in [7, 11) is -2.74. The number of hydrogen-bond donors (Lipinski definition) is 1. The van der Waals surface area contributed by atoms with Crippen LogP contribution in [-0.2, 0) is 32.6 Å². The fourth-order valence-corrected chi connectivity index (χ4v) is 7.12. The lowest BCUT2D eigenvalue weighted by atomic mass is 10.0. The fourth-order valence-electron chi connectivity index (χ4n) is 4.98. The van der Waals surface area contributed by atoms with Crippen molar-refractivity contribution in [2.75, 3.05) is 24.5 Å². The first kappa shape index (κ1) is 34.7. The van der Waals surface area contributed by atoms with Crippen LogP contribution < -0.4 is 14.4 Å². The molecule has 0 fully saturated rings. The van der Waals surface area contributed by atoms with Crippen LogP contribution >= 0.6 is 15.9 Å². The highest BCUT2D eigenvalue weighted by atomic mass is 79.9. The first-order valence-corrected chi connectivity index (χ1v) is 17.4. The molecule has 1 N–H and O–H groups in total. The molecule has 10 heteroatoms. The number of benzene rings is 4. The molecule has 8 nitrogen and oxygen atoms in total. The minimum atomic E-state index is -4.24. The van der Waals surface area contributed by atoms with Crippen LogP contribution in [0.5, 0.6) is 5.75 Å². The maximum Gasteiger partial charge on any atom is 0.264 e. The van der Waals surface area contributed by atoms with Gasteiger partial charge in [0.05, 0.1) is 22.2 Å². The van der Waals surface area contributed by atoms with E-state index in [0.29, 0.717) is 22.5 Å². The van der Waals surface area contributed by atoms with Crippen molar-refractivity contribution in [2.45, 2.75) is 51.1 Å². The molecule has 0 spiro atoms. The molecule has 46 heavy (non-hydrogen) atoms. The van der Waals surface area contributed by atoms with Gasteiger partial charge in [0.15, 0.2) is 0 Å². The number of methoxy groups -OCH3 is 1. The van der Waals surface area contributed by atoms with E-state index < -0.39 is 28.5 Å². The number of nitrogens with one attached hydrogen (secondary N) is 1. The Balaban J connectivity index is 1.80. The predicted octanol–water partition coefficient (Wildman–Crippen LogP) is 6.44. The summed E-state index contributed by atoms with van der Waals surface area (Å²) in [5.41, 5.74) is 4.04. The van der Waals surface area contributed by atoms with E-state index in [-0.39, 0.29) is 23.8 Å². The van der Waals surface area contributed by atoms with Crippen molar-refractivity contribution in [3.8, 4) is 5.75 Å². The van der Waals surface area contributed by atoms with Gasteiger partial charge in [-0.2, -0.15) is 0 Å². The van der Waals surface area contributed by atoms with E-state index >= 15 is 0 Å². The van der Waals surface area contributed by atoms with E-state index in [1.165, 1.54) is 24.1 Å². The molecule has 0 unspecified atom stereocenters. The Kier molecular flexibility index (Phi) is 12.0. The summed E-state index contributed by atoms with van der Waals surface area (Å²) in [6.07, 6.45) is 0.989. The Hall–Kier alpha value is -4.15. The van der Waals surface area contributed by atoms with Crippen molar-refractivity contribution >= 4 is 43.5 Å². The molecule has 0 radical (unpaired) electrons. The Morgan fingerprint density at radius 1 is 0.870 bits per heavy atom. The van der Waals surface area contributed by atoms with Crippen LogP contribution in [0.4, 0.5) is 5.69 Å². The Labute approximate surface area is 280 Å². The molecule has 4 aromatic rings. The van der Waals surface area contributed by atoms with Crippen LogP contribution in [0.15, 0.2) is 106 Å². The molecular formula is C36H40BrN3O5S. The molecule has 242 valence electrons. The van der Waals surface area contributed by atoms with Crippen molar-refractivity contribution in [1.82, 2.24) is 10.2 Å². The normalized spacial score (nSPS) is 11.8. The van der Waals surface area contributed by atoms with Crippen LogP contribution in [0.3, 0.4) is 0 Å². The van der Waals surface area contributed by atoms with Crippen molar-refractivity contribution in [1.29, 1.82) is 0 Å². The third-order valence-corrected chi connectivity index (χ3v) is 10.00. The average molecular weight is 707 g/mol. The lowest BCUT2D eigenvalue weighted by molar-refractivity contribution is -0.140. The highest BCUT2D eigenvalue weighted by molar-refractivity contribution is 9.10. The number of ether oxygens (including phenoxy) is 1. The van der Waals surface area contributed by atoms with Gasteiger partial charge in [-0.3, -0.25) is 13.9 Å². The first-order valence-electron chi connectivity index (χ1n) is 15.1. The first-order chi connectivity index (χ1) is 22.0. The second-order valence-electron chi connectivity index (χ2n) is 11.1. The molecular weight excluding hydrogens is 666 g/mol. The number of halogens is 1. The number of amides is 2. The van der Waals surface area contributed by atoms with Crippen LogP contribution in [0.1, 0.15) is 35.6 Å². The van der Waals surface area contributed by atoms with E-state index in [1.54, 1.807) is 30.3 Å². The second-order valence-corrected chi connectivity index (χ2v) is 13.9. The summed E-state index contributed by atoms with van der Waals surface area (Å²) < 4.78 is 35.4. The number of sulfonamides is 1. The number of carbonyl (C=O) groups is 2. The summed E-state index contributed by atoms with van der Waals surface area (Å²) in [5.74, 6) is -0.331. The molecule has 0 saturated carbocycles. The third kappa shape index (κ3) is 8.76. The van der Waals surface area contributed by atoms with Crippen LogP contribution in [0.2, 0.25) is 0 Å². The molecule has 0 aromatic heterocycles. The Morgan fingerprint density at radius 2 is 1.50 bits per heavy atom. The lowest BCUT2D eigenvalue weighted by Crippen LogP contribution is -2.53. The standard InChI is InChI=1S/C36H40BrN3O5S/c1-5-21-38-36(42)33(22-28-9-7-6-8-10-28)39(24-29-15-11-26(2)12-16-29)35(41)25-40(30-17-13-27(3)14-18-30)46(43,44)31-19-20-34(45-4)32(37)23-31/h6-20,23,33H,5,21-22,24-25H2,1-4H3,(H,38,42)/t33-/m1/s1. The molecule has 0 aliphatic rings. The zero-order chi connectivity index (χ0) is 33.3. The highest BCUT2D eigenvalue weighted by Gasteiger charge is 2.34. The van der Waals surface area contributed by atoms with Crippen molar-refractivity contribution in [2.24, 2.45) is 0 Å². The predicted molar refractivity (Wildman–Crippen MR) is 185 cm³/mol. The number of anilines is 1. The number of carbonyl (C=O) groups excluding carboxylic acids is 2. The summed E-state index contributed by atoms with van der Waals surface area (Å²) in [6, 6.07) is 27.8. The number of rotatable bonds is 14. The van der Waals surface area contributed by atoms with Gasteiger partial charge in [-0.1, -0.05) is 84.8 Å². The molecule has 1 atom stereocenters. The summed E-state index contributed by atoms with van der Waals surface area (Å²) in [5, 5.41) is 2.97. The SMILES string of the molecule is CCCNC(=O)[C@@H](Cc1ccccc1)N(Cc1ccc(C)cc1)C(=O)CN(c1ccc(C)cc1)S(=O)(=O)c1ccc(OC)c(Br)c1. The van der Waals surface area contributed by atoms with E-state index in [1.807, 2.05) is 75.4 Å². The maximum absolute atomic E-state index is 14.5. The molecule has 4 rings (SSSR count). The molecule has 0 saturated heterocycles. The van der Waals surface area contributed by atoms with Crippen LogP contribution in [0.25, 0.3) is 0 Å². The summed E-state index contributed by atoms with van der Waals surface area (Å²) in [6.45, 7) is 5.89. The van der Waals surface area contributed by atoms with E-state index in [4.69, 9.17) is 4.74 Å². The van der Waals surface area contributed by atoms with E-state index in [9.17, 15) is 18.0 Å². The summed E-state index contributed by atoms with van der Waals surface area (Å²) in [4.78, 5) is 29.8. The molecule has 0 aliphatic heterocycles. The Morgan fingerprint density at radius 3 is 2.09 bits per heavy atom. The van der Waals surface area contributed by atoms with E-state index in [2.05, 4.69) is 21.2 Å². The molecule has 4 aromatic carbocycles. The zero-order valence-electron chi connectivity index (χ0n) is 26.6. The van der Waals surface area contributed by atoms with Gasteiger partial charge in [-0.15, -0.1) is 0 Å². The average Bonchev–Trinajstić information content (AvgIpc) is 3.05. The Bertz CT molecular complexity index is 1730. The zero-order valence-corrected chi connectivity index (χ0v) is 29.0.